The minimum atomic E-state index is -4.48. The number of alkyl halides is 3. The number of thiophene rings is 1. The van der Waals surface area contributed by atoms with Gasteiger partial charge in [-0.1, -0.05) is 12.1 Å². The molecular weight excluding hydrogens is 375 g/mol. The molecule has 0 saturated carbocycles. The first-order valence-electron chi connectivity index (χ1n) is 8.04. The second-order valence-electron chi connectivity index (χ2n) is 5.75. The van der Waals surface area contributed by atoms with Crippen LogP contribution in [0.5, 0.6) is 5.75 Å². The summed E-state index contributed by atoms with van der Waals surface area (Å²) in [6, 6.07) is 14.9. The fraction of sp³-hybridized carbons (Fsp3) is 0.150. The summed E-state index contributed by atoms with van der Waals surface area (Å²) in [5.74, 6) is 0.209. The Bertz CT molecular complexity index is 906. The summed E-state index contributed by atoms with van der Waals surface area (Å²) in [5.41, 5.74) is -0.234. The number of nitrogens with zero attached hydrogens (tertiary/aromatic N) is 1. The number of benzene rings is 2. The molecule has 0 fully saturated rings. The van der Waals surface area contributed by atoms with Gasteiger partial charge in [-0.2, -0.15) is 13.2 Å². The van der Waals surface area contributed by atoms with Gasteiger partial charge in [0.1, 0.15) is 5.75 Å². The van der Waals surface area contributed by atoms with Crippen molar-refractivity contribution in [3.05, 3.63) is 82.0 Å². The minimum Gasteiger partial charge on any atom is -0.497 e. The van der Waals surface area contributed by atoms with E-state index in [1.807, 2.05) is 17.5 Å². The molecule has 0 unspecified atom stereocenters. The maximum absolute atomic E-state index is 13.1. The third kappa shape index (κ3) is 4.49. The third-order valence-corrected chi connectivity index (χ3v) is 4.82. The lowest BCUT2D eigenvalue weighted by Gasteiger charge is -2.23. The number of halogens is 3. The van der Waals surface area contributed by atoms with Crippen LogP contribution in [-0.4, -0.2) is 13.0 Å². The highest BCUT2D eigenvalue weighted by molar-refractivity contribution is 7.09. The lowest BCUT2D eigenvalue weighted by molar-refractivity contribution is -0.137. The van der Waals surface area contributed by atoms with Crippen molar-refractivity contribution in [2.45, 2.75) is 12.7 Å². The zero-order valence-corrected chi connectivity index (χ0v) is 15.2. The second kappa shape index (κ2) is 7.84. The summed E-state index contributed by atoms with van der Waals surface area (Å²) < 4.78 is 44.4. The van der Waals surface area contributed by atoms with Gasteiger partial charge in [0, 0.05) is 16.1 Å². The Morgan fingerprint density at radius 3 is 2.41 bits per heavy atom. The number of methoxy groups -OCH3 is 1. The average Bonchev–Trinajstić information content (AvgIpc) is 3.18. The van der Waals surface area contributed by atoms with Crippen LogP contribution in [0.2, 0.25) is 0 Å². The molecule has 7 heteroatoms. The molecule has 0 atom stereocenters. The Morgan fingerprint density at radius 2 is 1.81 bits per heavy atom. The van der Waals surface area contributed by atoms with Crippen molar-refractivity contribution in [2.24, 2.45) is 0 Å². The molecule has 3 rings (SSSR count). The topological polar surface area (TPSA) is 29.5 Å². The van der Waals surface area contributed by atoms with E-state index in [0.717, 1.165) is 17.0 Å². The van der Waals surface area contributed by atoms with E-state index in [0.29, 0.717) is 11.3 Å². The van der Waals surface area contributed by atoms with Gasteiger partial charge in [-0.05, 0) is 53.9 Å². The van der Waals surface area contributed by atoms with Gasteiger partial charge in [-0.3, -0.25) is 4.79 Å². The van der Waals surface area contributed by atoms with Crippen molar-refractivity contribution in [3.8, 4) is 5.75 Å². The number of ether oxygens (including phenoxy) is 1. The number of anilines is 1. The standard InChI is InChI=1S/C20H16F3NO2S/c1-26-17-9-7-14(8-10-17)19(25)24(13-18-6-3-11-27-18)16-5-2-4-15(12-16)20(21,22)23/h2-12H,13H2,1H3. The van der Waals surface area contributed by atoms with Crippen LogP contribution in [0.1, 0.15) is 20.8 Å². The highest BCUT2D eigenvalue weighted by atomic mass is 32.1. The smallest absolute Gasteiger partial charge is 0.416 e. The summed E-state index contributed by atoms with van der Waals surface area (Å²) in [5, 5.41) is 1.86. The van der Waals surface area contributed by atoms with Gasteiger partial charge < -0.3 is 9.64 Å². The van der Waals surface area contributed by atoms with Crippen molar-refractivity contribution in [1.82, 2.24) is 0 Å². The Morgan fingerprint density at radius 1 is 1.07 bits per heavy atom. The van der Waals surface area contributed by atoms with Crippen molar-refractivity contribution in [2.75, 3.05) is 12.0 Å². The molecule has 1 aromatic heterocycles. The number of carbonyl (C=O) groups excluding carboxylic acids is 1. The highest BCUT2D eigenvalue weighted by Crippen LogP contribution is 2.32. The molecule has 0 aliphatic rings. The molecule has 0 aliphatic carbocycles. The summed E-state index contributed by atoms with van der Waals surface area (Å²) in [6.45, 7) is 0.184. The fourth-order valence-electron chi connectivity index (χ4n) is 2.58. The summed E-state index contributed by atoms with van der Waals surface area (Å²) >= 11 is 1.44. The Balaban J connectivity index is 1.99. The van der Waals surface area contributed by atoms with Gasteiger partial charge in [0.25, 0.3) is 5.91 Å². The summed E-state index contributed by atoms with van der Waals surface area (Å²) in [4.78, 5) is 15.3. The largest absolute Gasteiger partial charge is 0.497 e. The van der Waals surface area contributed by atoms with Crippen molar-refractivity contribution < 1.29 is 22.7 Å². The number of rotatable bonds is 5. The molecule has 0 N–H and O–H groups in total. The molecule has 1 amide bonds. The molecule has 140 valence electrons. The number of hydrogen-bond donors (Lipinski definition) is 0. The van der Waals surface area contributed by atoms with E-state index < -0.39 is 11.7 Å². The van der Waals surface area contributed by atoms with Crippen LogP contribution < -0.4 is 9.64 Å². The molecule has 3 aromatic rings. The van der Waals surface area contributed by atoms with Gasteiger partial charge in [0.15, 0.2) is 0 Å². The van der Waals surface area contributed by atoms with Crippen LogP contribution in [0.3, 0.4) is 0 Å². The Labute approximate surface area is 158 Å². The highest BCUT2D eigenvalue weighted by Gasteiger charge is 2.31. The maximum atomic E-state index is 13.1. The lowest BCUT2D eigenvalue weighted by atomic mass is 10.1. The number of amides is 1. The number of carbonyl (C=O) groups is 1. The molecular formula is C20H16F3NO2S. The summed E-state index contributed by atoms with van der Waals surface area (Å²) in [6.07, 6.45) is -4.48. The Hall–Kier alpha value is -2.80. The quantitative estimate of drug-likeness (QED) is 0.565. The molecule has 0 aliphatic heterocycles. The summed E-state index contributed by atoms with van der Waals surface area (Å²) in [7, 11) is 1.52. The zero-order valence-electron chi connectivity index (χ0n) is 14.4. The van der Waals surface area contributed by atoms with Crippen LogP contribution in [-0.2, 0) is 12.7 Å². The predicted molar refractivity (Wildman–Crippen MR) is 99.3 cm³/mol. The zero-order chi connectivity index (χ0) is 19.4. The fourth-order valence-corrected chi connectivity index (χ4v) is 3.27. The van der Waals surface area contributed by atoms with Gasteiger partial charge in [0.2, 0.25) is 0 Å². The first-order valence-corrected chi connectivity index (χ1v) is 8.92. The van der Waals surface area contributed by atoms with E-state index >= 15 is 0 Å². The van der Waals surface area contributed by atoms with Gasteiger partial charge in [-0.15, -0.1) is 11.3 Å². The normalized spacial score (nSPS) is 11.3. The third-order valence-electron chi connectivity index (χ3n) is 3.96. The molecule has 0 saturated heterocycles. The van der Waals surface area contributed by atoms with Gasteiger partial charge >= 0.3 is 6.18 Å². The van der Waals surface area contributed by atoms with Crippen LogP contribution in [0.15, 0.2) is 66.0 Å². The average molecular weight is 391 g/mol. The van der Waals surface area contributed by atoms with E-state index in [4.69, 9.17) is 4.74 Å². The van der Waals surface area contributed by atoms with E-state index in [2.05, 4.69) is 0 Å². The van der Waals surface area contributed by atoms with Crippen LogP contribution in [0.4, 0.5) is 18.9 Å². The van der Waals surface area contributed by atoms with E-state index in [-0.39, 0.29) is 18.1 Å². The van der Waals surface area contributed by atoms with Crippen LogP contribution in [0, 0.1) is 0 Å². The molecule has 0 bridgehead atoms. The SMILES string of the molecule is COc1ccc(C(=O)N(Cc2cccs2)c2cccc(C(F)(F)F)c2)cc1. The maximum Gasteiger partial charge on any atom is 0.416 e. The predicted octanol–water partition coefficient (Wildman–Crippen LogP) is 5.62. The van der Waals surface area contributed by atoms with Crippen LogP contribution in [0.25, 0.3) is 0 Å². The molecule has 0 spiro atoms. The van der Waals surface area contributed by atoms with E-state index in [1.54, 1.807) is 24.3 Å². The van der Waals surface area contributed by atoms with Gasteiger partial charge in [0.05, 0.1) is 19.2 Å². The van der Waals surface area contributed by atoms with Crippen molar-refractivity contribution >= 4 is 22.9 Å². The first-order chi connectivity index (χ1) is 12.9. The molecule has 27 heavy (non-hydrogen) atoms. The Kier molecular flexibility index (Phi) is 5.51. The van der Waals surface area contributed by atoms with Crippen molar-refractivity contribution in [3.63, 3.8) is 0 Å². The first kappa shape index (κ1) is 19.0. The van der Waals surface area contributed by atoms with E-state index in [1.165, 1.54) is 35.5 Å². The van der Waals surface area contributed by atoms with Crippen LogP contribution >= 0.6 is 11.3 Å². The molecule has 2 aromatic carbocycles. The van der Waals surface area contributed by atoms with Crippen molar-refractivity contribution in [1.29, 1.82) is 0 Å². The minimum absolute atomic E-state index is 0.184. The van der Waals surface area contributed by atoms with Gasteiger partial charge in [-0.25, -0.2) is 0 Å². The number of hydrogen-bond acceptors (Lipinski definition) is 3. The molecule has 1 heterocycles. The molecule has 0 radical (unpaired) electrons. The van der Waals surface area contributed by atoms with E-state index in [9.17, 15) is 18.0 Å². The monoisotopic (exact) mass is 391 g/mol. The lowest BCUT2D eigenvalue weighted by Crippen LogP contribution is -2.30. The second-order valence-corrected chi connectivity index (χ2v) is 6.78. The molecule has 3 nitrogen and oxygen atoms in total.